The average molecular weight is 359 g/mol. The summed E-state index contributed by atoms with van der Waals surface area (Å²) >= 11 is 0. The molecule has 0 saturated carbocycles. The molecule has 0 unspecified atom stereocenters. The minimum absolute atomic E-state index is 0.0834. The fraction of sp³-hybridized carbons (Fsp3) is 0.167. The molecule has 0 bridgehead atoms. The summed E-state index contributed by atoms with van der Waals surface area (Å²) in [6, 6.07) is 14.2. The molecule has 2 aromatic carbocycles. The van der Waals surface area contributed by atoms with Crippen LogP contribution < -0.4 is 10.3 Å². The van der Waals surface area contributed by atoms with Crippen molar-refractivity contribution in [3.8, 4) is 0 Å². The second kappa shape index (κ2) is 7.08. The van der Waals surface area contributed by atoms with Gasteiger partial charge in [-0.1, -0.05) is 18.2 Å². The Labute approximate surface area is 145 Å². The van der Waals surface area contributed by atoms with Crippen molar-refractivity contribution in [1.82, 2.24) is 0 Å². The maximum Gasteiger partial charge on any atom is 0.336 e. The number of fused-ring (bicyclic) bond motifs is 1. The van der Waals surface area contributed by atoms with Gasteiger partial charge in [0.15, 0.2) is 0 Å². The number of benzene rings is 2. The number of anilines is 1. The van der Waals surface area contributed by atoms with Gasteiger partial charge in [-0.05, 0) is 37.3 Å². The monoisotopic (exact) mass is 359 g/mol. The second-order valence-corrected chi connectivity index (χ2v) is 7.04. The first-order valence-electron chi connectivity index (χ1n) is 7.72. The molecule has 0 aliphatic rings. The third-order valence-electron chi connectivity index (χ3n) is 3.62. The van der Waals surface area contributed by atoms with Crippen LogP contribution in [0.5, 0.6) is 0 Å². The maximum atomic E-state index is 12.7. The van der Waals surface area contributed by atoms with Crippen molar-refractivity contribution < 1.29 is 17.6 Å². The normalized spacial score (nSPS) is 11.6. The number of hydrogen-bond donors (Lipinski definition) is 1. The molecule has 1 N–H and O–H groups in total. The standard InChI is InChI=1S/C18H17NO5S/c1-2-23-12-14-5-3-4-6-16(14)19-25(21,22)15-8-9-17-13(11-15)7-10-18(20)24-17/h3-11,19H,2,12H2,1H3. The van der Waals surface area contributed by atoms with E-state index in [1.165, 1.54) is 30.3 Å². The van der Waals surface area contributed by atoms with E-state index >= 15 is 0 Å². The van der Waals surface area contributed by atoms with Gasteiger partial charge in [0.2, 0.25) is 0 Å². The molecular formula is C18H17NO5S. The molecule has 25 heavy (non-hydrogen) atoms. The highest BCUT2D eigenvalue weighted by molar-refractivity contribution is 7.92. The van der Waals surface area contributed by atoms with Crippen LogP contribution in [0.1, 0.15) is 12.5 Å². The third kappa shape index (κ3) is 3.89. The van der Waals surface area contributed by atoms with Crippen LogP contribution in [0.15, 0.2) is 68.7 Å². The largest absolute Gasteiger partial charge is 0.423 e. The highest BCUT2D eigenvalue weighted by atomic mass is 32.2. The zero-order chi connectivity index (χ0) is 17.9. The number of nitrogens with one attached hydrogen (secondary N) is 1. The predicted octanol–water partition coefficient (Wildman–Crippen LogP) is 3.13. The minimum atomic E-state index is -3.79. The van der Waals surface area contributed by atoms with Crippen LogP contribution in [0.4, 0.5) is 5.69 Å². The van der Waals surface area contributed by atoms with Crippen LogP contribution in [0, 0.1) is 0 Å². The van der Waals surface area contributed by atoms with Gasteiger partial charge in [-0.15, -0.1) is 0 Å². The molecule has 7 heteroatoms. The Morgan fingerprint density at radius 2 is 1.88 bits per heavy atom. The maximum absolute atomic E-state index is 12.7. The number of para-hydroxylation sites is 1. The molecule has 0 atom stereocenters. The molecule has 0 saturated heterocycles. The molecular weight excluding hydrogens is 342 g/mol. The van der Waals surface area contributed by atoms with Gasteiger partial charge in [-0.25, -0.2) is 13.2 Å². The van der Waals surface area contributed by atoms with Gasteiger partial charge in [0.1, 0.15) is 5.58 Å². The summed E-state index contributed by atoms with van der Waals surface area (Å²) in [7, 11) is -3.79. The van der Waals surface area contributed by atoms with Gasteiger partial charge in [-0.2, -0.15) is 0 Å². The van der Waals surface area contributed by atoms with Crippen molar-refractivity contribution in [3.63, 3.8) is 0 Å². The van der Waals surface area contributed by atoms with Crippen LogP contribution in [0.25, 0.3) is 11.0 Å². The van der Waals surface area contributed by atoms with Crippen LogP contribution in [-0.4, -0.2) is 15.0 Å². The Morgan fingerprint density at radius 3 is 2.68 bits per heavy atom. The first kappa shape index (κ1) is 17.2. The molecule has 0 spiro atoms. The summed E-state index contributed by atoms with van der Waals surface area (Å²) < 4.78 is 38.4. The van der Waals surface area contributed by atoms with Gasteiger partial charge in [0.25, 0.3) is 10.0 Å². The Balaban J connectivity index is 1.95. The molecule has 0 radical (unpaired) electrons. The summed E-state index contributed by atoms with van der Waals surface area (Å²) in [5, 5.41) is 0.532. The van der Waals surface area contributed by atoms with Gasteiger partial charge in [0.05, 0.1) is 17.2 Å². The fourth-order valence-electron chi connectivity index (χ4n) is 2.38. The highest BCUT2D eigenvalue weighted by Gasteiger charge is 2.17. The molecule has 3 rings (SSSR count). The van der Waals surface area contributed by atoms with Crippen molar-refractivity contribution in [1.29, 1.82) is 0 Å². The topological polar surface area (TPSA) is 85.6 Å². The lowest BCUT2D eigenvalue weighted by atomic mass is 10.2. The Bertz CT molecular complexity index is 1060. The third-order valence-corrected chi connectivity index (χ3v) is 4.99. The van der Waals surface area contributed by atoms with Crippen molar-refractivity contribution in [2.75, 3.05) is 11.3 Å². The van der Waals surface area contributed by atoms with E-state index in [1.54, 1.807) is 12.1 Å². The number of sulfonamides is 1. The van der Waals surface area contributed by atoms with E-state index < -0.39 is 15.6 Å². The molecule has 0 amide bonds. The summed E-state index contributed by atoms with van der Waals surface area (Å²) in [4.78, 5) is 11.3. The second-order valence-electron chi connectivity index (χ2n) is 5.35. The van der Waals surface area contributed by atoms with E-state index in [4.69, 9.17) is 9.15 Å². The fourth-order valence-corrected chi connectivity index (χ4v) is 3.51. The van der Waals surface area contributed by atoms with E-state index in [-0.39, 0.29) is 4.90 Å². The molecule has 1 heterocycles. The molecule has 0 fully saturated rings. The van der Waals surface area contributed by atoms with E-state index in [0.29, 0.717) is 29.9 Å². The van der Waals surface area contributed by atoms with E-state index in [0.717, 1.165) is 5.56 Å². The summed E-state index contributed by atoms with van der Waals surface area (Å²) in [6.45, 7) is 2.73. The SMILES string of the molecule is CCOCc1ccccc1NS(=O)(=O)c1ccc2oc(=O)ccc2c1. The van der Waals surface area contributed by atoms with Gasteiger partial charge < -0.3 is 9.15 Å². The lowest BCUT2D eigenvalue weighted by Gasteiger charge is -2.13. The molecule has 3 aromatic rings. The minimum Gasteiger partial charge on any atom is -0.423 e. The summed E-state index contributed by atoms with van der Waals surface area (Å²) in [5.41, 5.74) is 1.07. The van der Waals surface area contributed by atoms with Crippen molar-refractivity contribution >= 4 is 26.7 Å². The lowest BCUT2D eigenvalue weighted by Crippen LogP contribution is -2.14. The average Bonchev–Trinajstić information content (AvgIpc) is 2.60. The Hall–Kier alpha value is -2.64. The van der Waals surface area contributed by atoms with E-state index in [1.807, 2.05) is 19.1 Å². The quantitative estimate of drug-likeness (QED) is 0.684. The Kier molecular flexibility index (Phi) is 4.87. The molecule has 130 valence electrons. The van der Waals surface area contributed by atoms with Crippen LogP contribution in [0.2, 0.25) is 0 Å². The predicted molar refractivity (Wildman–Crippen MR) is 95.1 cm³/mol. The number of rotatable bonds is 6. The molecule has 0 aliphatic carbocycles. The molecule has 0 aliphatic heterocycles. The first-order valence-corrected chi connectivity index (χ1v) is 9.20. The molecule has 1 aromatic heterocycles. The van der Waals surface area contributed by atoms with Crippen LogP contribution in [0.3, 0.4) is 0 Å². The van der Waals surface area contributed by atoms with Crippen LogP contribution >= 0.6 is 0 Å². The number of hydrogen-bond acceptors (Lipinski definition) is 5. The van der Waals surface area contributed by atoms with Crippen molar-refractivity contribution in [3.05, 3.63) is 70.6 Å². The van der Waals surface area contributed by atoms with E-state index in [9.17, 15) is 13.2 Å². The summed E-state index contributed by atoms with van der Waals surface area (Å²) in [6.07, 6.45) is 0. The lowest BCUT2D eigenvalue weighted by molar-refractivity contribution is 0.134. The van der Waals surface area contributed by atoms with E-state index in [2.05, 4.69) is 4.72 Å². The van der Waals surface area contributed by atoms with Crippen molar-refractivity contribution in [2.24, 2.45) is 0 Å². The molecule has 6 nitrogen and oxygen atoms in total. The first-order chi connectivity index (χ1) is 12.0. The van der Waals surface area contributed by atoms with Gasteiger partial charge in [0, 0.05) is 23.6 Å². The van der Waals surface area contributed by atoms with Crippen molar-refractivity contribution in [2.45, 2.75) is 18.4 Å². The zero-order valence-electron chi connectivity index (χ0n) is 13.6. The zero-order valence-corrected chi connectivity index (χ0v) is 14.4. The highest BCUT2D eigenvalue weighted by Crippen LogP contribution is 2.23. The number of ether oxygens (including phenoxy) is 1. The Morgan fingerprint density at radius 1 is 1.08 bits per heavy atom. The van der Waals surface area contributed by atoms with Crippen LogP contribution in [-0.2, 0) is 21.4 Å². The smallest absolute Gasteiger partial charge is 0.336 e. The van der Waals surface area contributed by atoms with Gasteiger partial charge >= 0.3 is 5.63 Å². The summed E-state index contributed by atoms with van der Waals surface area (Å²) in [5.74, 6) is 0. The van der Waals surface area contributed by atoms with Gasteiger partial charge in [-0.3, -0.25) is 4.72 Å².